The molecule has 0 aliphatic carbocycles. The molecule has 0 aliphatic heterocycles. The molecule has 0 saturated carbocycles. The number of nitrogens with one attached hydrogen (secondary N) is 1. The summed E-state index contributed by atoms with van der Waals surface area (Å²) in [5.74, 6) is 0.763. The summed E-state index contributed by atoms with van der Waals surface area (Å²) in [6, 6.07) is 16.2. The first-order valence-electron chi connectivity index (χ1n) is 10.6. The number of fused-ring (bicyclic) bond motifs is 1. The molecule has 0 aliphatic rings. The van der Waals surface area contributed by atoms with Gasteiger partial charge in [-0.15, -0.1) is 11.8 Å². The van der Waals surface area contributed by atoms with Gasteiger partial charge in [0.05, 0.1) is 24.1 Å². The number of aromatic nitrogens is 3. The van der Waals surface area contributed by atoms with E-state index in [-0.39, 0.29) is 11.5 Å². The fraction of sp³-hybridized carbons (Fsp3) is 0.250. The molecule has 0 fully saturated rings. The Morgan fingerprint density at radius 1 is 1.18 bits per heavy atom. The predicted molar refractivity (Wildman–Crippen MR) is 133 cm³/mol. The van der Waals surface area contributed by atoms with Crippen molar-refractivity contribution in [3.05, 3.63) is 81.2 Å². The summed E-state index contributed by atoms with van der Waals surface area (Å²) in [5.41, 5.74) is 1.66. The Bertz CT molecular complexity index is 1330. The van der Waals surface area contributed by atoms with Gasteiger partial charge in [0.1, 0.15) is 10.8 Å². The van der Waals surface area contributed by atoms with E-state index >= 15 is 0 Å². The molecule has 2 heterocycles. The highest BCUT2D eigenvalue weighted by Crippen LogP contribution is 2.30. The van der Waals surface area contributed by atoms with Crippen molar-refractivity contribution in [2.45, 2.75) is 36.8 Å². The minimum Gasteiger partial charge on any atom is -0.496 e. The lowest BCUT2D eigenvalue weighted by molar-refractivity contribution is 0.102. The van der Waals surface area contributed by atoms with E-state index in [9.17, 15) is 9.59 Å². The van der Waals surface area contributed by atoms with Crippen LogP contribution in [-0.4, -0.2) is 27.6 Å². The van der Waals surface area contributed by atoms with E-state index in [2.05, 4.69) is 22.3 Å². The number of thioether (sulfide) groups is 1. The van der Waals surface area contributed by atoms with Crippen molar-refractivity contribution < 1.29 is 9.53 Å². The molecule has 0 atom stereocenters. The van der Waals surface area contributed by atoms with E-state index < -0.39 is 0 Å². The second-order valence-electron chi connectivity index (χ2n) is 7.32. The van der Waals surface area contributed by atoms with Crippen LogP contribution in [0.4, 0.5) is 5.69 Å². The average molecular weight is 481 g/mol. The van der Waals surface area contributed by atoms with Crippen LogP contribution in [0.5, 0.6) is 5.75 Å². The molecule has 0 radical (unpaired) electrons. The van der Waals surface area contributed by atoms with Crippen molar-refractivity contribution in [1.29, 1.82) is 0 Å². The van der Waals surface area contributed by atoms with Gasteiger partial charge in [0.15, 0.2) is 0 Å². The van der Waals surface area contributed by atoms with Crippen molar-refractivity contribution in [1.82, 2.24) is 14.6 Å². The number of methoxy groups -OCH3 is 1. The maximum Gasteiger partial charge on any atom is 0.275 e. The number of rotatable bonds is 9. The number of para-hydroxylation sites is 2. The van der Waals surface area contributed by atoms with Crippen LogP contribution >= 0.6 is 23.1 Å². The van der Waals surface area contributed by atoms with Crippen molar-refractivity contribution in [2.75, 3.05) is 12.4 Å². The lowest BCUT2D eigenvalue weighted by Crippen LogP contribution is -2.15. The number of aryl methyl sites for hydroxylation is 1. The molecule has 4 rings (SSSR count). The number of nitrogens with zero attached hydrogens (tertiary/aromatic N) is 3. The van der Waals surface area contributed by atoms with E-state index in [1.54, 1.807) is 18.2 Å². The highest BCUT2D eigenvalue weighted by atomic mass is 32.2. The van der Waals surface area contributed by atoms with Gasteiger partial charge in [-0.1, -0.05) is 48.9 Å². The van der Waals surface area contributed by atoms with Crippen LogP contribution in [0.15, 0.2) is 64.3 Å². The van der Waals surface area contributed by atoms with Crippen LogP contribution in [0, 0.1) is 0 Å². The summed E-state index contributed by atoms with van der Waals surface area (Å²) in [4.78, 5) is 31.5. The maximum atomic E-state index is 12.8. The lowest BCUT2D eigenvalue weighted by Gasteiger charge is -2.12. The van der Waals surface area contributed by atoms with Crippen LogP contribution in [0.1, 0.15) is 40.8 Å². The molecule has 0 unspecified atom stereocenters. The smallest absolute Gasteiger partial charge is 0.275 e. The zero-order chi connectivity index (χ0) is 23.2. The minimum atomic E-state index is -0.248. The maximum absolute atomic E-state index is 12.8. The number of anilines is 1. The van der Waals surface area contributed by atoms with Gasteiger partial charge in [-0.05, 0) is 30.7 Å². The van der Waals surface area contributed by atoms with Gasteiger partial charge in [0.25, 0.3) is 11.5 Å². The van der Waals surface area contributed by atoms with Gasteiger partial charge in [-0.25, -0.2) is 4.98 Å². The number of carbonyl (C=O) groups is 1. The van der Waals surface area contributed by atoms with Crippen LogP contribution in [-0.2, 0) is 12.2 Å². The summed E-state index contributed by atoms with van der Waals surface area (Å²) in [6.07, 6.45) is 2.97. The van der Waals surface area contributed by atoms with E-state index in [1.807, 2.05) is 30.3 Å². The first-order valence-corrected chi connectivity index (χ1v) is 12.4. The van der Waals surface area contributed by atoms with Crippen LogP contribution in [0.2, 0.25) is 0 Å². The second-order valence-corrected chi connectivity index (χ2v) is 9.38. The Kier molecular flexibility index (Phi) is 7.41. The SMILES string of the molecule is CCCCc1nn2c(=O)cc(CSc3ccccc3NC(=O)c3ccccc3OC)nc2s1. The third-order valence-electron chi connectivity index (χ3n) is 4.95. The standard InChI is InChI=1S/C24H24N4O3S2/c1-3-4-13-21-27-28-22(29)14-16(25-24(28)33-21)15-32-20-12-8-6-10-18(20)26-23(30)17-9-5-7-11-19(17)31-2/h5-12,14H,3-4,13,15H2,1-2H3,(H,26,30). The fourth-order valence-corrected chi connectivity index (χ4v) is 5.13. The summed E-state index contributed by atoms with van der Waals surface area (Å²) in [7, 11) is 1.54. The quantitative estimate of drug-likeness (QED) is 0.338. The van der Waals surface area contributed by atoms with Crippen LogP contribution < -0.4 is 15.6 Å². The Labute approximate surface area is 199 Å². The zero-order valence-corrected chi connectivity index (χ0v) is 20.0. The van der Waals surface area contributed by atoms with Gasteiger partial charge in [-0.3, -0.25) is 9.59 Å². The average Bonchev–Trinajstić information content (AvgIpc) is 3.25. The third-order valence-corrected chi connectivity index (χ3v) is 7.02. The monoisotopic (exact) mass is 480 g/mol. The Morgan fingerprint density at radius 3 is 2.79 bits per heavy atom. The molecule has 2 aromatic carbocycles. The summed E-state index contributed by atoms with van der Waals surface area (Å²) in [6.45, 7) is 2.13. The Morgan fingerprint density at radius 2 is 1.97 bits per heavy atom. The van der Waals surface area contributed by atoms with Crippen molar-refractivity contribution in [3.8, 4) is 5.75 Å². The second kappa shape index (κ2) is 10.6. The number of hydrogen-bond donors (Lipinski definition) is 1. The topological polar surface area (TPSA) is 85.6 Å². The first kappa shape index (κ1) is 23.0. The molecule has 0 saturated heterocycles. The van der Waals surface area contributed by atoms with E-state index in [0.29, 0.717) is 33.4 Å². The summed E-state index contributed by atoms with van der Waals surface area (Å²) >= 11 is 2.98. The zero-order valence-electron chi connectivity index (χ0n) is 18.4. The first-order chi connectivity index (χ1) is 16.1. The van der Waals surface area contributed by atoms with Crippen LogP contribution in [0.25, 0.3) is 4.96 Å². The molecule has 170 valence electrons. The molecule has 4 aromatic rings. The van der Waals surface area contributed by atoms with E-state index in [0.717, 1.165) is 29.2 Å². The van der Waals surface area contributed by atoms with Gasteiger partial charge in [0, 0.05) is 23.1 Å². The third kappa shape index (κ3) is 5.43. The van der Waals surface area contributed by atoms with Crippen molar-refractivity contribution in [2.24, 2.45) is 0 Å². The molecule has 9 heteroatoms. The number of amides is 1. The minimum absolute atomic E-state index is 0.174. The Balaban J connectivity index is 1.51. The molecule has 2 aromatic heterocycles. The lowest BCUT2D eigenvalue weighted by atomic mass is 10.2. The number of carbonyl (C=O) groups excluding carboxylic acids is 1. The van der Waals surface area contributed by atoms with E-state index in [1.165, 1.54) is 40.8 Å². The number of hydrogen-bond acceptors (Lipinski definition) is 7. The molecule has 7 nitrogen and oxygen atoms in total. The highest BCUT2D eigenvalue weighted by molar-refractivity contribution is 7.98. The number of benzene rings is 2. The highest BCUT2D eigenvalue weighted by Gasteiger charge is 2.14. The fourth-order valence-electron chi connectivity index (χ4n) is 3.27. The predicted octanol–water partition coefficient (Wildman–Crippen LogP) is 5.05. The molecule has 1 N–H and O–H groups in total. The van der Waals surface area contributed by atoms with Gasteiger partial charge in [0.2, 0.25) is 4.96 Å². The number of ether oxygens (including phenoxy) is 1. The normalized spacial score (nSPS) is 11.0. The number of unbranched alkanes of at least 4 members (excludes halogenated alkanes) is 1. The summed E-state index contributed by atoms with van der Waals surface area (Å²) in [5, 5.41) is 8.29. The van der Waals surface area contributed by atoms with Gasteiger partial charge in [-0.2, -0.15) is 9.61 Å². The van der Waals surface area contributed by atoms with Crippen LogP contribution in [0.3, 0.4) is 0 Å². The molecule has 0 spiro atoms. The van der Waals surface area contributed by atoms with Gasteiger partial charge >= 0.3 is 0 Å². The largest absolute Gasteiger partial charge is 0.496 e. The summed E-state index contributed by atoms with van der Waals surface area (Å²) < 4.78 is 6.68. The molecule has 33 heavy (non-hydrogen) atoms. The molecule has 1 amide bonds. The van der Waals surface area contributed by atoms with Crippen molar-refractivity contribution in [3.63, 3.8) is 0 Å². The molecule has 0 bridgehead atoms. The Hall–Kier alpha value is -3.17. The van der Waals surface area contributed by atoms with Crippen molar-refractivity contribution >= 4 is 39.7 Å². The van der Waals surface area contributed by atoms with Gasteiger partial charge < -0.3 is 10.1 Å². The van der Waals surface area contributed by atoms with E-state index in [4.69, 9.17) is 4.74 Å². The molecular formula is C24H24N4O3S2. The molecular weight excluding hydrogens is 456 g/mol.